The minimum Gasteiger partial charge on any atom is -0.435 e. The molecule has 4 heteroatoms. The highest BCUT2D eigenvalue weighted by molar-refractivity contribution is 5.93. The number of unbranched alkanes of at least 4 members (excludes halogenated alkanes) is 7. The quantitative estimate of drug-likeness (QED) is 0.212. The van der Waals surface area contributed by atoms with Crippen molar-refractivity contribution in [1.82, 2.24) is 0 Å². The van der Waals surface area contributed by atoms with Crippen LogP contribution in [0.2, 0.25) is 0 Å². The van der Waals surface area contributed by atoms with Crippen molar-refractivity contribution in [1.29, 1.82) is 0 Å². The Balaban J connectivity index is 4.48. The van der Waals surface area contributed by atoms with Crippen molar-refractivity contribution in [3.63, 3.8) is 0 Å². The van der Waals surface area contributed by atoms with Crippen LogP contribution in [0.4, 0.5) is 0 Å². The zero-order valence-corrected chi connectivity index (χ0v) is 15.7. The van der Waals surface area contributed by atoms with Gasteiger partial charge in [0.05, 0.1) is 12.2 Å². The normalized spacial score (nSPS) is 12.9. The first-order valence-corrected chi connectivity index (χ1v) is 9.26. The summed E-state index contributed by atoms with van der Waals surface area (Å²) in [6.45, 7) is 9.42. The van der Waals surface area contributed by atoms with Gasteiger partial charge in [0.1, 0.15) is 0 Å². The van der Waals surface area contributed by atoms with E-state index in [0.29, 0.717) is 12.0 Å². The number of amides is 1. The molecule has 1 unspecified atom stereocenters. The molecule has 0 spiro atoms. The molecule has 2 N–H and O–H groups in total. The number of carbonyl (C=O) groups excluding carboxylic acids is 2. The van der Waals surface area contributed by atoms with Gasteiger partial charge in [-0.3, -0.25) is 9.59 Å². The number of carbonyl (C=O) groups is 2. The van der Waals surface area contributed by atoms with E-state index in [1.54, 1.807) is 6.08 Å². The maximum atomic E-state index is 12.1. The lowest BCUT2D eigenvalue weighted by molar-refractivity contribution is -0.141. The van der Waals surface area contributed by atoms with Gasteiger partial charge >= 0.3 is 5.97 Å². The number of primary amides is 1. The second-order valence-electron chi connectivity index (χ2n) is 6.61. The van der Waals surface area contributed by atoms with Gasteiger partial charge in [0, 0.05) is 5.57 Å². The van der Waals surface area contributed by atoms with Crippen molar-refractivity contribution in [3.05, 3.63) is 24.5 Å². The molecule has 1 atom stereocenters. The minimum absolute atomic E-state index is 0.0138. The fourth-order valence-corrected chi connectivity index (χ4v) is 2.71. The van der Waals surface area contributed by atoms with Crippen molar-refractivity contribution < 1.29 is 14.3 Å². The van der Waals surface area contributed by atoms with Gasteiger partial charge in [0.2, 0.25) is 5.91 Å². The van der Waals surface area contributed by atoms with Gasteiger partial charge in [-0.1, -0.05) is 84.8 Å². The zero-order chi connectivity index (χ0) is 18.4. The van der Waals surface area contributed by atoms with Crippen molar-refractivity contribution in [2.24, 2.45) is 17.6 Å². The Bertz CT molecular complexity index is 413. The second kappa shape index (κ2) is 13.8. The number of hydrogen-bond donors (Lipinski definition) is 1. The Morgan fingerprint density at radius 1 is 1.04 bits per heavy atom. The van der Waals surface area contributed by atoms with Gasteiger partial charge in [0.15, 0.2) is 0 Å². The molecule has 0 aromatic rings. The average Bonchev–Trinajstić information content (AvgIpc) is 2.52. The van der Waals surface area contributed by atoms with Gasteiger partial charge in [-0.25, -0.2) is 0 Å². The van der Waals surface area contributed by atoms with Crippen LogP contribution in [0.15, 0.2) is 24.5 Å². The summed E-state index contributed by atoms with van der Waals surface area (Å²) in [5.74, 6) is -1.29. The Kier molecular flexibility index (Phi) is 12.9. The van der Waals surface area contributed by atoms with Crippen LogP contribution in [0, 0.1) is 11.8 Å². The number of rotatable bonds is 14. The highest BCUT2D eigenvalue weighted by Gasteiger charge is 2.20. The third-order valence-corrected chi connectivity index (χ3v) is 4.16. The summed E-state index contributed by atoms with van der Waals surface area (Å²) in [5.41, 5.74) is 5.90. The molecular formula is C20H35NO3. The van der Waals surface area contributed by atoms with Gasteiger partial charge in [0.25, 0.3) is 0 Å². The minimum atomic E-state index is -0.475. The summed E-state index contributed by atoms with van der Waals surface area (Å²) in [7, 11) is 0. The third-order valence-electron chi connectivity index (χ3n) is 4.16. The molecule has 0 radical (unpaired) electrons. The Morgan fingerprint density at radius 3 is 2.04 bits per heavy atom. The molecule has 0 saturated carbocycles. The first-order chi connectivity index (χ1) is 11.4. The van der Waals surface area contributed by atoms with Gasteiger partial charge in [-0.15, -0.1) is 0 Å². The Morgan fingerprint density at radius 2 is 1.58 bits per heavy atom. The van der Waals surface area contributed by atoms with E-state index in [9.17, 15) is 9.59 Å². The summed E-state index contributed by atoms with van der Waals surface area (Å²) >= 11 is 0. The molecule has 1 amide bonds. The predicted octanol–water partition coefficient (Wildman–Crippen LogP) is 4.89. The Labute approximate surface area is 147 Å². The second-order valence-corrected chi connectivity index (χ2v) is 6.61. The van der Waals surface area contributed by atoms with E-state index < -0.39 is 11.8 Å². The van der Waals surface area contributed by atoms with Crippen molar-refractivity contribution in [2.45, 2.75) is 78.6 Å². The first kappa shape index (κ1) is 22.4. The summed E-state index contributed by atoms with van der Waals surface area (Å²) in [6, 6.07) is 0. The molecule has 4 nitrogen and oxygen atoms in total. The predicted molar refractivity (Wildman–Crippen MR) is 99.1 cm³/mol. The van der Waals surface area contributed by atoms with Crippen molar-refractivity contribution in [3.8, 4) is 0 Å². The molecule has 0 aliphatic carbocycles. The highest BCUT2D eigenvalue weighted by Crippen LogP contribution is 2.20. The van der Waals surface area contributed by atoms with Crippen molar-refractivity contribution >= 4 is 11.9 Å². The molecule has 0 aromatic carbocycles. The lowest BCUT2D eigenvalue weighted by atomic mass is 9.93. The number of ether oxygens (including phenoxy) is 1. The standard InChI is InChI=1S/C20H35NO3/c1-5-7-8-9-10-11-12-13-14-17(20(23)24-6-2)15-18(16(3)4)19(21)22/h6,15-17H,2,5,7-14H2,1,3-4H3,(H2,21,22)/b18-15+. The van der Waals surface area contributed by atoms with Crippen LogP contribution in [0.25, 0.3) is 0 Å². The van der Waals surface area contributed by atoms with Crippen molar-refractivity contribution in [2.75, 3.05) is 0 Å². The monoisotopic (exact) mass is 337 g/mol. The molecule has 0 rings (SSSR count). The van der Waals surface area contributed by atoms with E-state index in [-0.39, 0.29) is 11.9 Å². The molecule has 0 aliphatic heterocycles. The number of hydrogen-bond acceptors (Lipinski definition) is 3. The lowest BCUT2D eigenvalue weighted by Crippen LogP contribution is -2.21. The van der Waals surface area contributed by atoms with E-state index >= 15 is 0 Å². The smallest absolute Gasteiger partial charge is 0.317 e. The molecule has 0 aromatic heterocycles. The topological polar surface area (TPSA) is 69.4 Å². The molecule has 0 heterocycles. The summed E-state index contributed by atoms with van der Waals surface area (Å²) in [6.07, 6.45) is 13.1. The zero-order valence-electron chi connectivity index (χ0n) is 15.7. The SMILES string of the molecule is C=COC(=O)C(/C=C(/C(N)=O)C(C)C)CCCCCCCCCC. The average molecular weight is 338 g/mol. The third kappa shape index (κ3) is 10.2. The highest BCUT2D eigenvalue weighted by atomic mass is 16.5. The lowest BCUT2D eigenvalue weighted by Gasteiger charge is -2.14. The molecule has 0 fully saturated rings. The van der Waals surface area contributed by atoms with E-state index in [2.05, 4.69) is 13.5 Å². The largest absolute Gasteiger partial charge is 0.435 e. The Hall–Kier alpha value is -1.58. The van der Waals surface area contributed by atoms with E-state index in [4.69, 9.17) is 10.5 Å². The van der Waals surface area contributed by atoms with Crippen LogP contribution < -0.4 is 5.73 Å². The van der Waals surface area contributed by atoms with Gasteiger partial charge < -0.3 is 10.5 Å². The van der Waals surface area contributed by atoms with E-state index in [0.717, 1.165) is 19.1 Å². The summed E-state index contributed by atoms with van der Waals surface area (Å²) < 4.78 is 4.92. The molecular weight excluding hydrogens is 302 g/mol. The van der Waals surface area contributed by atoms with Crippen LogP contribution >= 0.6 is 0 Å². The van der Waals surface area contributed by atoms with Crippen LogP contribution in [-0.2, 0) is 14.3 Å². The van der Waals surface area contributed by atoms with E-state index in [1.807, 2.05) is 13.8 Å². The maximum absolute atomic E-state index is 12.1. The maximum Gasteiger partial charge on any atom is 0.317 e. The molecule has 0 aliphatic rings. The molecule has 0 bridgehead atoms. The van der Waals surface area contributed by atoms with Crippen LogP contribution in [0.5, 0.6) is 0 Å². The molecule has 24 heavy (non-hydrogen) atoms. The van der Waals surface area contributed by atoms with E-state index in [1.165, 1.54) is 38.5 Å². The molecule has 138 valence electrons. The van der Waals surface area contributed by atoms with Crippen LogP contribution in [0.3, 0.4) is 0 Å². The summed E-state index contributed by atoms with van der Waals surface area (Å²) in [5, 5.41) is 0. The fraction of sp³-hybridized carbons (Fsp3) is 0.700. The summed E-state index contributed by atoms with van der Waals surface area (Å²) in [4.78, 5) is 23.6. The first-order valence-electron chi connectivity index (χ1n) is 9.26. The molecule has 0 saturated heterocycles. The van der Waals surface area contributed by atoms with Crippen LogP contribution in [0.1, 0.15) is 78.6 Å². The van der Waals surface area contributed by atoms with Gasteiger partial charge in [-0.2, -0.15) is 0 Å². The van der Waals surface area contributed by atoms with Crippen LogP contribution in [-0.4, -0.2) is 11.9 Å². The number of esters is 1. The fourth-order valence-electron chi connectivity index (χ4n) is 2.71. The number of nitrogens with two attached hydrogens (primary N) is 1. The van der Waals surface area contributed by atoms with Gasteiger partial charge in [-0.05, 0) is 12.3 Å².